The molecule has 1 aromatic carbocycles. The first-order valence-corrected chi connectivity index (χ1v) is 11.6. The molecule has 3 saturated heterocycles. The molecule has 1 aromatic rings. The van der Waals surface area contributed by atoms with Crippen LogP contribution in [0.2, 0.25) is 0 Å². The number of rotatable bonds is 5. The van der Waals surface area contributed by atoms with E-state index in [2.05, 4.69) is 31.7 Å². The number of hydrogen-bond donors (Lipinski definition) is 0. The topological polar surface area (TPSA) is 67.7 Å². The molecule has 6 nitrogen and oxygen atoms in total. The smallest absolute Gasteiger partial charge is 0.240 e. The van der Waals surface area contributed by atoms with Crippen LogP contribution in [0, 0.1) is 28.5 Å². The number of hydrogen-bond acceptors (Lipinski definition) is 4. The van der Waals surface area contributed by atoms with Crippen molar-refractivity contribution < 1.29 is 14.0 Å². The SMILES string of the molecule is C[C@@H](CN1C[C@@H]2C[C@H]1C(=O)N2[C@@H](c1ccc(F)cc1)C(C)(C)C)C(=O)N1CCC[C@H]1C#N. The van der Waals surface area contributed by atoms with Crippen molar-refractivity contribution in [3.8, 4) is 6.07 Å². The van der Waals surface area contributed by atoms with E-state index in [1.54, 1.807) is 17.0 Å². The molecule has 172 valence electrons. The van der Waals surface area contributed by atoms with Gasteiger partial charge < -0.3 is 9.80 Å². The van der Waals surface area contributed by atoms with E-state index in [4.69, 9.17) is 0 Å². The molecule has 3 fully saturated rings. The van der Waals surface area contributed by atoms with Gasteiger partial charge >= 0.3 is 0 Å². The van der Waals surface area contributed by atoms with Gasteiger partial charge in [-0.3, -0.25) is 14.5 Å². The van der Waals surface area contributed by atoms with Gasteiger partial charge in [-0.15, -0.1) is 0 Å². The third kappa shape index (κ3) is 4.01. The van der Waals surface area contributed by atoms with E-state index in [0.29, 0.717) is 13.1 Å². The van der Waals surface area contributed by atoms with E-state index < -0.39 is 0 Å². The maximum atomic E-state index is 13.5. The number of halogens is 1. The molecule has 0 unspecified atom stereocenters. The number of benzene rings is 1. The van der Waals surface area contributed by atoms with Gasteiger partial charge in [0.15, 0.2) is 0 Å². The van der Waals surface area contributed by atoms with Gasteiger partial charge in [-0.05, 0) is 42.4 Å². The quantitative estimate of drug-likeness (QED) is 0.704. The van der Waals surface area contributed by atoms with E-state index in [9.17, 15) is 19.2 Å². The van der Waals surface area contributed by atoms with Gasteiger partial charge in [-0.1, -0.05) is 39.8 Å². The van der Waals surface area contributed by atoms with Crippen LogP contribution in [0.1, 0.15) is 58.6 Å². The van der Waals surface area contributed by atoms with Gasteiger partial charge in [0, 0.05) is 31.6 Å². The highest BCUT2D eigenvalue weighted by Crippen LogP contribution is 2.45. The molecule has 7 heteroatoms. The lowest BCUT2D eigenvalue weighted by Crippen LogP contribution is -2.55. The van der Waals surface area contributed by atoms with E-state index >= 15 is 0 Å². The summed E-state index contributed by atoms with van der Waals surface area (Å²) in [5.41, 5.74) is 0.750. The summed E-state index contributed by atoms with van der Waals surface area (Å²) in [4.78, 5) is 32.3. The summed E-state index contributed by atoms with van der Waals surface area (Å²) < 4.78 is 13.5. The summed E-state index contributed by atoms with van der Waals surface area (Å²) in [7, 11) is 0. The molecule has 0 saturated carbocycles. The van der Waals surface area contributed by atoms with E-state index in [0.717, 1.165) is 31.4 Å². The minimum Gasteiger partial charge on any atom is -0.329 e. The van der Waals surface area contributed by atoms with Gasteiger partial charge in [0.25, 0.3) is 0 Å². The maximum absolute atomic E-state index is 13.5. The molecule has 2 amide bonds. The van der Waals surface area contributed by atoms with Crippen LogP contribution in [0.25, 0.3) is 0 Å². The van der Waals surface area contributed by atoms with E-state index in [-0.39, 0.29) is 53.1 Å². The lowest BCUT2D eigenvalue weighted by molar-refractivity contribution is -0.144. The van der Waals surface area contributed by atoms with Crippen molar-refractivity contribution in [3.05, 3.63) is 35.6 Å². The van der Waals surface area contributed by atoms with Crippen LogP contribution in [0.3, 0.4) is 0 Å². The fourth-order valence-corrected chi connectivity index (χ4v) is 5.83. The van der Waals surface area contributed by atoms with E-state index in [1.807, 2.05) is 11.8 Å². The first-order chi connectivity index (χ1) is 15.1. The molecular formula is C25H33FN4O2. The second-order valence-electron chi connectivity index (χ2n) is 10.6. The fraction of sp³-hybridized carbons (Fsp3) is 0.640. The third-order valence-corrected chi connectivity index (χ3v) is 7.21. The zero-order chi connectivity index (χ0) is 23.2. The lowest BCUT2D eigenvalue weighted by Gasteiger charge is -2.45. The van der Waals surface area contributed by atoms with Crippen molar-refractivity contribution in [1.82, 2.24) is 14.7 Å². The number of amides is 2. The van der Waals surface area contributed by atoms with Crippen molar-refractivity contribution in [1.29, 1.82) is 5.26 Å². The highest BCUT2D eigenvalue weighted by Gasteiger charge is 2.54. The summed E-state index contributed by atoms with van der Waals surface area (Å²) >= 11 is 0. The third-order valence-electron chi connectivity index (χ3n) is 7.21. The Morgan fingerprint density at radius 2 is 1.97 bits per heavy atom. The number of carbonyl (C=O) groups is 2. The molecule has 3 heterocycles. The number of piperazine rings is 1. The molecule has 0 aromatic heterocycles. The maximum Gasteiger partial charge on any atom is 0.240 e. The zero-order valence-electron chi connectivity index (χ0n) is 19.4. The highest BCUT2D eigenvalue weighted by molar-refractivity contribution is 5.86. The highest BCUT2D eigenvalue weighted by atomic mass is 19.1. The minimum atomic E-state index is -0.319. The second-order valence-corrected chi connectivity index (χ2v) is 10.6. The van der Waals surface area contributed by atoms with Crippen LogP contribution in [-0.2, 0) is 9.59 Å². The first-order valence-electron chi connectivity index (χ1n) is 11.6. The Labute approximate surface area is 190 Å². The average Bonchev–Trinajstić information content (AvgIpc) is 3.44. The fourth-order valence-electron chi connectivity index (χ4n) is 5.83. The lowest BCUT2D eigenvalue weighted by atomic mass is 9.80. The summed E-state index contributed by atoms with van der Waals surface area (Å²) in [5, 5.41) is 9.30. The number of likely N-dealkylation sites (tertiary alicyclic amines) is 3. The standard InChI is InChI=1S/C25H33FN4O2/c1-16(23(31)29-11-5-6-19(29)13-27)14-28-15-20-12-21(28)24(32)30(20)22(25(2,3)4)17-7-9-18(26)10-8-17/h7-10,16,19-22H,5-6,11-12,14-15H2,1-4H3/t16-,19-,20-,21-,22-/m0/s1. The van der Waals surface area contributed by atoms with Crippen molar-refractivity contribution >= 4 is 11.8 Å². The Hall–Kier alpha value is -2.46. The van der Waals surface area contributed by atoms with Crippen LogP contribution in [0.15, 0.2) is 24.3 Å². The Bertz CT molecular complexity index is 919. The van der Waals surface area contributed by atoms with Gasteiger partial charge in [0.05, 0.1) is 18.2 Å². The largest absolute Gasteiger partial charge is 0.329 e. The van der Waals surface area contributed by atoms with Crippen LogP contribution in [0.4, 0.5) is 4.39 Å². The molecule has 0 radical (unpaired) electrons. The molecular weight excluding hydrogens is 407 g/mol. The zero-order valence-corrected chi connectivity index (χ0v) is 19.4. The Morgan fingerprint density at radius 1 is 1.28 bits per heavy atom. The van der Waals surface area contributed by atoms with Crippen LogP contribution in [-0.4, -0.2) is 64.3 Å². The van der Waals surface area contributed by atoms with Crippen molar-refractivity contribution in [2.75, 3.05) is 19.6 Å². The average molecular weight is 441 g/mol. The molecule has 3 aliphatic rings. The Kier molecular flexibility index (Phi) is 6.02. The molecule has 0 N–H and O–H groups in total. The first kappa shape index (κ1) is 22.7. The van der Waals surface area contributed by atoms with Crippen LogP contribution >= 0.6 is 0 Å². The summed E-state index contributed by atoms with van der Waals surface area (Å²) in [6.07, 6.45) is 2.38. The molecule has 0 aliphatic carbocycles. The minimum absolute atomic E-state index is 0.0139. The number of carbonyl (C=O) groups excluding carboxylic acids is 2. The van der Waals surface area contributed by atoms with Gasteiger partial charge in [0.2, 0.25) is 11.8 Å². The normalized spacial score (nSPS) is 27.6. The van der Waals surface area contributed by atoms with E-state index in [1.165, 1.54) is 12.1 Å². The number of nitrogens with zero attached hydrogens (tertiary/aromatic N) is 4. The molecule has 4 rings (SSSR count). The summed E-state index contributed by atoms with van der Waals surface area (Å²) in [5.74, 6) is -0.418. The number of fused-ring (bicyclic) bond motifs is 2. The molecule has 5 atom stereocenters. The Balaban J connectivity index is 1.47. The predicted molar refractivity (Wildman–Crippen MR) is 119 cm³/mol. The van der Waals surface area contributed by atoms with Crippen LogP contribution in [0.5, 0.6) is 0 Å². The van der Waals surface area contributed by atoms with Crippen molar-refractivity contribution in [2.45, 2.75) is 71.1 Å². The van der Waals surface area contributed by atoms with Gasteiger partial charge in [-0.25, -0.2) is 4.39 Å². The molecule has 3 aliphatic heterocycles. The molecule has 0 spiro atoms. The second kappa shape index (κ2) is 8.47. The van der Waals surface area contributed by atoms with Crippen molar-refractivity contribution in [3.63, 3.8) is 0 Å². The van der Waals surface area contributed by atoms with Crippen molar-refractivity contribution in [2.24, 2.45) is 11.3 Å². The number of nitriles is 1. The van der Waals surface area contributed by atoms with Crippen LogP contribution < -0.4 is 0 Å². The molecule has 32 heavy (non-hydrogen) atoms. The summed E-state index contributed by atoms with van der Waals surface area (Å²) in [6.45, 7) is 10.2. The predicted octanol–water partition coefficient (Wildman–Crippen LogP) is 3.35. The summed E-state index contributed by atoms with van der Waals surface area (Å²) in [6, 6.07) is 8.13. The van der Waals surface area contributed by atoms with Gasteiger partial charge in [0.1, 0.15) is 11.9 Å². The molecule has 2 bridgehead atoms. The monoisotopic (exact) mass is 440 g/mol. The van der Waals surface area contributed by atoms with Gasteiger partial charge in [-0.2, -0.15) is 5.26 Å². The Morgan fingerprint density at radius 3 is 2.56 bits per heavy atom.